The number of carboxylic acids is 1. The third-order valence-electron chi connectivity index (χ3n) is 5.16. The molecule has 0 aromatic carbocycles. The topological polar surface area (TPSA) is 215 Å². The second-order valence-corrected chi connectivity index (χ2v) is 10.1. The molecule has 202 valence electrons. The highest BCUT2D eigenvalue weighted by Crippen LogP contribution is 2.09. The minimum absolute atomic E-state index is 0.0469. The zero-order valence-corrected chi connectivity index (χ0v) is 22.2. The summed E-state index contributed by atoms with van der Waals surface area (Å²) in [6.45, 7) is 7.54. The van der Waals surface area contributed by atoms with Gasteiger partial charge in [0.1, 0.15) is 18.1 Å². The van der Waals surface area contributed by atoms with Crippen molar-refractivity contribution in [3.63, 3.8) is 0 Å². The summed E-state index contributed by atoms with van der Waals surface area (Å²) in [4.78, 5) is 54.0. The van der Waals surface area contributed by atoms with Gasteiger partial charge in [-0.2, -0.15) is 11.8 Å². The first-order valence-corrected chi connectivity index (χ1v) is 13.1. The van der Waals surface area contributed by atoms with Crippen LogP contribution in [0.3, 0.4) is 0 Å². The molecule has 0 aliphatic rings. The molecule has 0 fully saturated rings. The fraction of sp³-hybridized carbons (Fsp3) is 0.773. The molecule has 0 aliphatic heterocycles. The van der Waals surface area contributed by atoms with E-state index in [1.54, 1.807) is 13.8 Å². The van der Waals surface area contributed by atoms with E-state index in [2.05, 4.69) is 20.9 Å². The quantitative estimate of drug-likeness (QED) is 0.0740. The molecule has 0 rings (SSSR count). The highest BCUT2D eigenvalue weighted by atomic mass is 32.2. The predicted molar refractivity (Wildman–Crippen MR) is 139 cm³/mol. The van der Waals surface area contributed by atoms with Crippen molar-refractivity contribution in [3.8, 4) is 0 Å². The number of aliphatic imine (C=N–C) groups is 1. The number of amides is 3. The van der Waals surface area contributed by atoms with Crippen molar-refractivity contribution < 1.29 is 24.3 Å². The molecule has 10 N–H and O–H groups in total. The fourth-order valence-corrected chi connectivity index (χ4v) is 3.56. The molecule has 0 saturated carbocycles. The number of rotatable bonds is 17. The van der Waals surface area contributed by atoms with Gasteiger partial charge in [0, 0.05) is 6.54 Å². The molecule has 35 heavy (non-hydrogen) atoms. The predicted octanol–water partition coefficient (Wildman–Crippen LogP) is -0.638. The molecule has 0 aromatic heterocycles. The van der Waals surface area contributed by atoms with Gasteiger partial charge in [0.25, 0.3) is 0 Å². The molecule has 0 bridgehead atoms. The number of carbonyl (C=O) groups is 4. The van der Waals surface area contributed by atoms with Crippen LogP contribution in [-0.2, 0) is 19.2 Å². The molecule has 13 heteroatoms. The summed E-state index contributed by atoms with van der Waals surface area (Å²) >= 11 is 1.48. The fourth-order valence-electron chi connectivity index (χ4n) is 3.09. The van der Waals surface area contributed by atoms with Crippen LogP contribution >= 0.6 is 11.8 Å². The first-order chi connectivity index (χ1) is 16.3. The van der Waals surface area contributed by atoms with Crippen molar-refractivity contribution in [1.82, 2.24) is 16.0 Å². The lowest BCUT2D eigenvalue weighted by molar-refractivity contribution is -0.142. The van der Waals surface area contributed by atoms with E-state index in [0.29, 0.717) is 12.2 Å². The molecule has 4 unspecified atom stereocenters. The Labute approximate surface area is 212 Å². The van der Waals surface area contributed by atoms with Crippen molar-refractivity contribution >= 4 is 41.4 Å². The minimum atomic E-state index is -1.14. The number of carbonyl (C=O) groups excluding carboxylic acids is 3. The Morgan fingerprint density at radius 3 is 1.86 bits per heavy atom. The van der Waals surface area contributed by atoms with Gasteiger partial charge in [0.2, 0.25) is 17.7 Å². The summed E-state index contributed by atoms with van der Waals surface area (Å²) in [5.41, 5.74) is 16.6. The SMILES string of the molecule is CSCCC(NC(=O)C(CCCN=C(N)N)NC(=O)C(N)C(C)C)C(=O)NC(CC(C)C)C(=O)O. The van der Waals surface area contributed by atoms with E-state index in [0.717, 1.165) is 0 Å². The molecule has 4 atom stereocenters. The summed E-state index contributed by atoms with van der Waals surface area (Å²) < 4.78 is 0. The number of carboxylic acid groups (broad SMARTS) is 1. The Morgan fingerprint density at radius 1 is 0.886 bits per heavy atom. The third kappa shape index (κ3) is 13.8. The first kappa shape index (κ1) is 32.5. The average molecular weight is 518 g/mol. The normalized spacial score (nSPS) is 14.5. The maximum atomic E-state index is 13.1. The summed E-state index contributed by atoms with van der Waals surface area (Å²) in [6, 6.07) is -3.84. The van der Waals surface area contributed by atoms with Gasteiger partial charge in [-0.1, -0.05) is 27.7 Å². The van der Waals surface area contributed by atoms with E-state index >= 15 is 0 Å². The summed E-state index contributed by atoms with van der Waals surface area (Å²) in [5.74, 6) is -2.43. The van der Waals surface area contributed by atoms with E-state index in [-0.39, 0.29) is 43.6 Å². The zero-order valence-electron chi connectivity index (χ0n) is 21.4. The minimum Gasteiger partial charge on any atom is -0.480 e. The molecule has 12 nitrogen and oxygen atoms in total. The van der Waals surface area contributed by atoms with Crippen LogP contribution in [0.5, 0.6) is 0 Å². The third-order valence-corrected chi connectivity index (χ3v) is 5.81. The van der Waals surface area contributed by atoms with Gasteiger partial charge >= 0.3 is 5.97 Å². The van der Waals surface area contributed by atoms with Crippen LogP contribution in [0.25, 0.3) is 0 Å². The maximum Gasteiger partial charge on any atom is 0.326 e. The standard InChI is InChI=1S/C22H43N7O5S/c1-12(2)11-16(21(33)34)29-19(31)15(8-10-35-5)27-18(30)14(7-6-9-26-22(24)25)28-20(32)17(23)13(3)4/h12-17H,6-11,23H2,1-5H3,(H,27,30)(H,28,32)(H,29,31)(H,33,34)(H4,24,25,26). The molecule has 0 heterocycles. The molecule has 0 aromatic rings. The van der Waals surface area contributed by atoms with Crippen molar-refractivity contribution in [2.45, 2.75) is 77.5 Å². The van der Waals surface area contributed by atoms with Crippen LogP contribution < -0.4 is 33.2 Å². The van der Waals surface area contributed by atoms with Crippen molar-refractivity contribution in [2.24, 2.45) is 34.0 Å². The second-order valence-electron chi connectivity index (χ2n) is 9.15. The van der Waals surface area contributed by atoms with Crippen LogP contribution in [-0.4, -0.2) is 77.5 Å². The number of nitrogens with zero attached hydrogens (tertiary/aromatic N) is 1. The monoisotopic (exact) mass is 517 g/mol. The number of aliphatic carboxylic acids is 1. The van der Waals surface area contributed by atoms with Crippen LogP contribution in [0.4, 0.5) is 0 Å². The Morgan fingerprint density at radius 2 is 1.40 bits per heavy atom. The van der Waals surface area contributed by atoms with E-state index in [4.69, 9.17) is 17.2 Å². The van der Waals surface area contributed by atoms with Crippen LogP contribution in [0, 0.1) is 11.8 Å². The van der Waals surface area contributed by atoms with E-state index in [1.165, 1.54) is 11.8 Å². The van der Waals surface area contributed by atoms with Gasteiger partial charge < -0.3 is 38.3 Å². The van der Waals surface area contributed by atoms with Crippen molar-refractivity contribution in [2.75, 3.05) is 18.6 Å². The van der Waals surface area contributed by atoms with Crippen molar-refractivity contribution in [1.29, 1.82) is 0 Å². The average Bonchev–Trinajstić information content (AvgIpc) is 2.76. The Balaban J connectivity index is 5.56. The summed E-state index contributed by atoms with van der Waals surface area (Å²) in [6.07, 6.45) is 2.99. The van der Waals surface area contributed by atoms with E-state index in [9.17, 15) is 24.3 Å². The molecule has 0 spiro atoms. The van der Waals surface area contributed by atoms with Crippen LogP contribution in [0.2, 0.25) is 0 Å². The van der Waals surface area contributed by atoms with E-state index < -0.39 is 47.9 Å². The van der Waals surface area contributed by atoms with Crippen molar-refractivity contribution in [3.05, 3.63) is 0 Å². The summed E-state index contributed by atoms with van der Waals surface area (Å²) in [5, 5.41) is 17.3. The van der Waals surface area contributed by atoms with Gasteiger partial charge in [-0.05, 0) is 49.5 Å². The number of hydrogen-bond donors (Lipinski definition) is 7. The first-order valence-electron chi connectivity index (χ1n) is 11.7. The number of guanidine groups is 1. The lowest BCUT2D eigenvalue weighted by Gasteiger charge is -2.26. The lowest BCUT2D eigenvalue weighted by atomic mass is 10.0. The number of hydrogen-bond acceptors (Lipinski definition) is 7. The Hall–Kier alpha value is -2.54. The number of nitrogens with one attached hydrogen (secondary N) is 3. The smallest absolute Gasteiger partial charge is 0.326 e. The highest BCUT2D eigenvalue weighted by molar-refractivity contribution is 7.98. The molecular weight excluding hydrogens is 474 g/mol. The maximum absolute atomic E-state index is 13.1. The molecule has 0 radical (unpaired) electrons. The molecular formula is C22H43N7O5S. The van der Waals surface area contributed by atoms with Crippen LogP contribution in [0.1, 0.15) is 53.4 Å². The molecule has 0 aliphatic carbocycles. The molecule has 3 amide bonds. The number of nitrogens with two attached hydrogens (primary N) is 3. The largest absolute Gasteiger partial charge is 0.480 e. The highest BCUT2D eigenvalue weighted by Gasteiger charge is 2.30. The van der Waals surface area contributed by atoms with Gasteiger partial charge in [-0.25, -0.2) is 4.79 Å². The zero-order chi connectivity index (χ0) is 27.1. The lowest BCUT2D eigenvalue weighted by Crippen LogP contribution is -2.57. The summed E-state index contributed by atoms with van der Waals surface area (Å²) in [7, 11) is 0. The number of thioether (sulfide) groups is 1. The Kier molecular flexibility index (Phi) is 15.7. The van der Waals surface area contributed by atoms with Gasteiger partial charge in [-0.3, -0.25) is 19.4 Å². The van der Waals surface area contributed by atoms with Gasteiger partial charge in [0.15, 0.2) is 5.96 Å². The Bertz CT molecular complexity index is 729. The van der Waals surface area contributed by atoms with E-state index in [1.807, 2.05) is 20.1 Å². The van der Waals surface area contributed by atoms with Gasteiger partial charge in [-0.15, -0.1) is 0 Å². The van der Waals surface area contributed by atoms with Gasteiger partial charge in [0.05, 0.1) is 6.04 Å². The molecule has 0 saturated heterocycles. The van der Waals surface area contributed by atoms with Crippen LogP contribution in [0.15, 0.2) is 4.99 Å². The second kappa shape index (κ2) is 17.0.